The van der Waals surface area contributed by atoms with Gasteiger partial charge in [-0.3, -0.25) is 0 Å². The molecule has 21 heavy (non-hydrogen) atoms. The molecule has 0 radical (unpaired) electrons. The summed E-state index contributed by atoms with van der Waals surface area (Å²) in [6.45, 7) is 7.63. The highest BCUT2D eigenvalue weighted by Crippen LogP contribution is 2.31. The first kappa shape index (κ1) is 14.7. The molecule has 1 saturated heterocycles. The van der Waals surface area contributed by atoms with Crippen LogP contribution in [-0.4, -0.2) is 35.6 Å². The van der Waals surface area contributed by atoms with E-state index in [1.807, 2.05) is 0 Å². The normalized spacial score (nSPS) is 19.0. The molecule has 0 saturated carbocycles. The maximum absolute atomic E-state index is 4.60. The summed E-state index contributed by atoms with van der Waals surface area (Å²) in [4.78, 5) is 11.5. The van der Waals surface area contributed by atoms with Crippen molar-refractivity contribution in [1.82, 2.24) is 15.3 Å². The predicted molar refractivity (Wildman–Crippen MR) is 90.3 cm³/mol. The standard InChI is InChI=1S/C16H24N4S/c1-3-8-20(9-13-6-4-5-7-17-13)16-15-14(18-11-19-16)12(2)10-21-15/h10-11,13,17H,3-9H2,1-2H3. The van der Waals surface area contributed by atoms with Gasteiger partial charge in [0.2, 0.25) is 0 Å². The lowest BCUT2D eigenvalue weighted by atomic mass is 10.0. The van der Waals surface area contributed by atoms with E-state index < -0.39 is 0 Å². The van der Waals surface area contributed by atoms with Gasteiger partial charge in [-0.05, 0) is 43.7 Å². The minimum Gasteiger partial charge on any atom is -0.354 e. The fourth-order valence-electron chi connectivity index (χ4n) is 3.08. The summed E-state index contributed by atoms with van der Waals surface area (Å²) >= 11 is 1.77. The Hall–Kier alpha value is -1.20. The van der Waals surface area contributed by atoms with E-state index in [2.05, 4.69) is 39.4 Å². The van der Waals surface area contributed by atoms with Crippen LogP contribution in [0.2, 0.25) is 0 Å². The molecule has 0 bridgehead atoms. The maximum atomic E-state index is 4.60. The molecule has 1 unspecified atom stereocenters. The van der Waals surface area contributed by atoms with Gasteiger partial charge < -0.3 is 10.2 Å². The number of aryl methyl sites for hydroxylation is 1. The number of thiophene rings is 1. The van der Waals surface area contributed by atoms with Crippen LogP contribution < -0.4 is 10.2 Å². The monoisotopic (exact) mass is 304 g/mol. The van der Waals surface area contributed by atoms with Gasteiger partial charge in [0.05, 0.1) is 10.2 Å². The van der Waals surface area contributed by atoms with Gasteiger partial charge in [0.15, 0.2) is 0 Å². The maximum Gasteiger partial charge on any atom is 0.150 e. The summed E-state index contributed by atoms with van der Waals surface area (Å²) in [5, 5.41) is 5.84. The summed E-state index contributed by atoms with van der Waals surface area (Å²) in [6.07, 6.45) is 6.79. The van der Waals surface area contributed by atoms with E-state index in [4.69, 9.17) is 0 Å². The number of aromatic nitrogens is 2. The first-order valence-electron chi connectivity index (χ1n) is 7.96. The van der Waals surface area contributed by atoms with Gasteiger partial charge in [0.25, 0.3) is 0 Å². The Morgan fingerprint density at radius 3 is 3.05 bits per heavy atom. The summed E-state index contributed by atoms with van der Waals surface area (Å²) in [6, 6.07) is 0.594. The summed E-state index contributed by atoms with van der Waals surface area (Å²) < 4.78 is 1.24. The Balaban J connectivity index is 1.87. The van der Waals surface area contributed by atoms with Crippen molar-refractivity contribution in [3.63, 3.8) is 0 Å². The Bertz CT molecular complexity index is 589. The quantitative estimate of drug-likeness (QED) is 0.919. The van der Waals surface area contributed by atoms with Crippen LogP contribution in [0.1, 0.15) is 38.2 Å². The van der Waals surface area contributed by atoms with Crippen LogP contribution in [0.15, 0.2) is 11.7 Å². The molecule has 2 aromatic heterocycles. The van der Waals surface area contributed by atoms with Crippen molar-refractivity contribution in [2.45, 2.75) is 45.6 Å². The van der Waals surface area contributed by atoms with Crippen LogP contribution in [0.4, 0.5) is 5.82 Å². The van der Waals surface area contributed by atoms with E-state index in [1.54, 1.807) is 17.7 Å². The highest BCUT2D eigenvalue weighted by molar-refractivity contribution is 7.18. The lowest BCUT2D eigenvalue weighted by Gasteiger charge is -2.31. The van der Waals surface area contributed by atoms with Crippen molar-refractivity contribution in [2.24, 2.45) is 0 Å². The van der Waals surface area contributed by atoms with Gasteiger partial charge >= 0.3 is 0 Å². The number of piperidine rings is 1. The van der Waals surface area contributed by atoms with Gasteiger partial charge in [0, 0.05) is 19.1 Å². The Labute approximate surface area is 130 Å². The topological polar surface area (TPSA) is 41.0 Å². The lowest BCUT2D eigenvalue weighted by molar-refractivity contribution is 0.398. The van der Waals surface area contributed by atoms with Gasteiger partial charge in [-0.2, -0.15) is 0 Å². The highest BCUT2D eigenvalue weighted by Gasteiger charge is 2.20. The lowest BCUT2D eigenvalue weighted by Crippen LogP contribution is -2.44. The predicted octanol–water partition coefficient (Wildman–Crippen LogP) is 3.36. The van der Waals surface area contributed by atoms with Crippen LogP contribution >= 0.6 is 11.3 Å². The van der Waals surface area contributed by atoms with E-state index >= 15 is 0 Å². The number of rotatable bonds is 5. The minimum absolute atomic E-state index is 0.594. The average Bonchev–Trinajstić information content (AvgIpc) is 2.90. The number of nitrogens with one attached hydrogen (secondary N) is 1. The molecule has 0 aliphatic carbocycles. The van der Waals surface area contributed by atoms with Crippen LogP contribution in [0, 0.1) is 6.92 Å². The Morgan fingerprint density at radius 2 is 2.29 bits per heavy atom. The molecule has 0 amide bonds. The average molecular weight is 304 g/mol. The van der Waals surface area contributed by atoms with Crippen LogP contribution in [0.25, 0.3) is 10.2 Å². The second-order valence-corrected chi connectivity index (χ2v) is 6.77. The Kier molecular flexibility index (Phi) is 4.70. The van der Waals surface area contributed by atoms with E-state index in [9.17, 15) is 0 Å². The number of hydrogen-bond acceptors (Lipinski definition) is 5. The molecule has 1 aliphatic rings. The molecule has 1 aliphatic heterocycles. The van der Waals surface area contributed by atoms with Crippen molar-refractivity contribution in [3.8, 4) is 0 Å². The minimum atomic E-state index is 0.594. The number of nitrogens with zero attached hydrogens (tertiary/aromatic N) is 3. The van der Waals surface area contributed by atoms with Crippen LogP contribution in [0.5, 0.6) is 0 Å². The van der Waals surface area contributed by atoms with Gasteiger partial charge in [-0.25, -0.2) is 9.97 Å². The van der Waals surface area contributed by atoms with Gasteiger partial charge in [-0.15, -0.1) is 11.3 Å². The molecule has 0 spiro atoms. The molecule has 1 atom stereocenters. The molecule has 0 aromatic carbocycles. The zero-order chi connectivity index (χ0) is 14.7. The first-order chi connectivity index (χ1) is 10.3. The molecule has 3 rings (SSSR count). The van der Waals surface area contributed by atoms with Crippen molar-refractivity contribution in [3.05, 3.63) is 17.3 Å². The summed E-state index contributed by atoms with van der Waals surface area (Å²) in [5.41, 5.74) is 2.37. The molecule has 114 valence electrons. The van der Waals surface area contributed by atoms with E-state index in [-0.39, 0.29) is 0 Å². The second-order valence-electron chi connectivity index (χ2n) is 5.89. The van der Waals surface area contributed by atoms with E-state index in [0.29, 0.717) is 6.04 Å². The van der Waals surface area contributed by atoms with E-state index in [0.717, 1.165) is 37.4 Å². The van der Waals surface area contributed by atoms with Crippen LogP contribution in [0.3, 0.4) is 0 Å². The highest BCUT2D eigenvalue weighted by atomic mass is 32.1. The zero-order valence-electron chi connectivity index (χ0n) is 12.9. The van der Waals surface area contributed by atoms with Crippen molar-refractivity contribution < 1.29 is 0 Å². The molecule has 1 N–H and O–H groups in total. The fraction of sp³-hybridized carbons (Fsp3) is 0.625. The molecular formula is C16H24N4S. The smallest absolute Gasteiger partial charge is 0.150 e. The number of hydrogen-bond donors (Lipinski definition) is 1. The third-order valence-corrected chi connectivity index (χ3v) is 5.24. The zero-order valence-corrected chi connectivity index (χ0v) is 13.7. The van der Waals surface area contributed by atoms with E-state index in [1.165, 1.54) is 29.5 Å². The number of fused-ring (bicyclic) bond motifs is 1. The Morgan fingerprint density at radius 1 is 1.38 bits per heavy atom. The largest absolute Gasteiger partial charge is 0.354 e. The van der Waals surface area contributed by atoms with Gasteiger partial charge in [0.1, 0.15) is 12.1 Å². The SMILES string of the molecule is CCCN(CC1CCCCN1)c1ncnc2c(C)csc12. The third-order valence-electron chi connectivity index (χ3n) is 4.16. The van der Waals surface area contributed by atoms with Gasteiger partial charge in [-0.1, -0.05) is 13.3 Å². The molecule has 4 nitrogen and oxygen atoms in total. The first-order valence-corrected chi connectivity index (χ1v) is 8.84. The number of anilines is 1. The summed E-state index contributed by atoms with van der Waals surface area (Å²) in [5.74, 6) is 1.12. The molecule has 5 heteroatoms. The molecule has 2 aromatic rings. The second kappa shape index (κ2) is 6.71. The fourth-order valence-corrected chi connectivity index (χ4v) is 4.10. The van der Waals surface area contributed by atoms with Crippen molar-refractivity contribution >= 4 is 27.4 Å². The van der Waals surface area contributed by atoms with Crippen molar-refractivity contribution in [1.29, 1.82) is 0 Å². The summed E-state index contributed by atoms with van der Waals surface area (Å²) in [7, 11) is 0. The van der Waals surface area contributed by atoms with Crippen LogP contribution in [-0.2, 0) is 0 Å². The van der Waals surface area contributed by atoms with Crippen molar-refractivity contribution in [2.75, 3.05) is 24.5 Å². The molecular weight excluding hydrogens is 280 g/mol. The molecule has 1 fully saturated rings. The molecule has 3 heterocycles. The third kappa shape index (κ3) is 3.19.